The lowest BCUT2D eigenvalue weighted by Gasteiger charge is -2.14. The van der Waals surface area contributed by atoms with E-state index in [0.717, 1.165) is 29.7 Å². The maximum atomic E-state index is 12.5. The molecule has 1 fully saturated rings. The highest BCUT2D eigenvalue weighted by atomic mass is 35.5. The normalized spacial score (nSPS) is 14.9. The highest BCUT2D eigenvalue weighted by molar-refractivity contribution is 6.30. The van der Waals surface area contributed by atoms with Gasteiger partial charge in [-0.2, -0.15) is 0 Å². The van der Waals surface area contributed by atoms with Crippen molar-refractivity contribution >= 4 is 28.7 Å². The lowest BCUT2D eigenvalue weighted by Crippen LogP contribution is -2.35. The summed E-state index contributed by atoms with van der Waals surface area (Å²) < 4.78 is 1.88. The topological polar surface area (TPSA) is 59.8 Å². The van der Waals surface area contributed by atoms with E-state index in [0.29, 0.717) is 16.7 Å². The average Bonchev–Trinajstić information content (AvgIpc) is 3.24. The summed E-state index contributed by atoms with van der Waals surface area (Å²) in [5.74, 6) is 0.735. The summed E-state index contributed by atoms with van der Waals surface area (Å²) in [5, 5.41) is 3.80. The molecule has 2 heterocycles. The molecule has 1 saturated carbocycles. The molecule has 0 aliphatic heterocycles. The SMILES string of the molecule is O=C(Cn1c(-c2ccc(Cl)cc2)nc2cccnc21)NC1CCCC1. The van der Waals surface area contributed by atoms with Crippen LogP contribution in [0.1, 0.15) is 25.7 Å². The molecular weight excluding hydrogens is 336 g/mol. The molecule has 0 bridgehead atoms. The van der Waals surface area contributed by atoms with Crippen molar-refractivity contribution in [3.8, 4) is 11.4 Å². The predicted molar refractivity (Wildman–Crippen MR) is 98.4 cm³/mol. The summed E-state index contributed by atoms with van der Waals surface area (Å²) in [5.41, 5.74) is 2.41. The Hall–Kier alpha value is -2.40. The summed E-state index contributed by atoms with van der Waals surface area (Å²) in [6, 6.07) is 11.5. The van der Waals surface area contributed by atoms with Gasteiger partial charge >= 0.3 is 0 Å². The van der Waals surface area contributed by atoms with Crippen LogP contribution < -0.4 is 5.32 Å². The molecule has 1 N–H and O–H groups in total. The third-order valence-electron chi connectivity index (χ3n) is 4.63. The number of imidazole rings is 1. The number of hydrogen-bond acceptors (Lipinski definition) is 3. The summed E-state index contributed by atoms with van der Waals surface area (Å²) in [7, 11) is 0. The minimum atomic E-state index is 0.00654. The summed E-state index contributed by atoms with van der Waals surface area (Å²) >= 11 is 5.99. The van der Waals surface area contributed by atoms with Gasteiger partial charge in [0.2, 0.25) is 5.91 Å². The van der Waals surface area contributed by atoms with Crippen molar-refractivity contribution in [1.29, 1.82) is 0 Å². The molecule has 0 unspecified atom stereocenters. The fourth-order valence-corrected chi connectivity index (χ4v) is 3.54. The lowest BCUT2D eigenvalue weighted by molar-refractivity contribution is -0.122. The first-order chi connectivity index (χ1) is 12.2. The van der Waals surface area contributed by atoms with Crippen LogP contribution in [-0.4, -0.2) is 26.5 Å². The van der Waals surface area contributed by atoms with Crippen LogP contribution in [0.3, 0.4) is 0 Å². The molecule has 0 spiro atoms. The molecular formula is C19H19ClN4O. The monoisotopic (exact) mass is 354 g/mol. The van der Waals surface area contributed by atoms with E-state index in [4.69, 9.17) is 11.6 Å². The number of rotatable bonds is 4. The van der Waals surface area contributed by atoms with Crippen LogP contribution in [0, 0.1) is 0 Å². The molecule has 6 heteroatoms. The second kappa shape index (κ2) is 6.84. The minimum absolute atomic E-state index is 0.00654. The highest BCUT2D eigenvalue weighted by Gasteiger charge is 2.20. The molecule has 25 heavy (non-hydrogen) atoms. The number of aromatic nitrogens is 3. The maximum absolute atomic E-state index is 12.5. The Labute approximate surface area is 151 Å². The molecule has 128 valence electrons. The van der Waals surface area contributed by atoms with Crippen LogP contribution >= 0.6 is 11.6 Å². The Kier molecular flexibility index (Phi) is 4.40. The van der Waals surface area contributed by atoms with Gasteiger partial charge in [0.25, 0.3) is 0 Å². The molecule has 0 radical (unpaired) electrons. The van der Waals surface area contributed by atoms with E-state index in [1.165, 1.54) is 12.8 Å². The third-order valence-corrected chi connectivity index (χ3v) is 4.88. The standard InChI is InChI=1S/C19H19ClN4O/c20-14-9-7-13(8-10-14)18-23-16-6-3-11-21-19(16)24(18)12-17(25)22-15-4-1-2-5-15/h3,6-11,15H,1-2,4-5,12H2,(H,22,25). The van der Waals surface area contributed by atoms with Crippen molar-refractivity contribution in [1.82, 2.24) is 19.9 Å². The number of amides is 1. The first-order valence-corrected chi connectivity index (χ1v) is 8.95. The fraction of sp³-hybridized carbons (Fsp3) is 0.316. The van der Waals surface area contributed by atoms with E-state index in [1.807, 2.05) is 41.0 Å². The minimum Gasteiger partial charge on any atom is -0.352 e. The van der Waals surface area contributed by atoms with E-state index >= 15 is 0 Å². The van der Waals surface area contributed by atoms with Crippen LogP contribution in [-0.2, 0) is 11.3 Å². The molecule has 2 aromatic heterocycles. The van der Waals surface area contributed by atoms with Gasteiger partial charge in [0.1, 0.15) is 17.9 Å². The number of pyridine rings is 1. The van der Waals surface area contributed by atoms with Crippen LogP contribution in [0.15, 0.2) is 42.6 Å². The number of benzene rings is 1. The van der Waals surface area contributed by atoms with Crippen molar-refractivity contribution in [3.05, 3.63) is 47.6 Å². The fourth-order valence-electron chi connectivity index (χ4n) is 3.41. The molecule has 1 amide bonds. The maximum Gasteiger partial charge on any atom is 0.240 e. The predicted octanol–water partition coefficient (Wildman–Crippen LogP) is 3.81. The Morgan fingerprint density at radius 2 is 1.96 bits per heavy atom. The average molecular weight is 355 g/mol. The number of nitrogens with one attached hydrogen (secondary N) is 1. The number of carbonyl (C=O) groups excluding carboxylic acids is 1. The highest BCUT2D eigenvalue weighted by Crippen LogP contribution is 2.25. The molecule has 5 nitrogen and oxygen atoms in total. The van der Waals surface area contributed by atoms with Gasteiger partial charge in [-0.3, -0.25) is 9.36 Å². The van der Waals surface area contributed by atoms with Crippen molar-refractivity contribution in [2.75, 3.05) is 0 Å². The number of halogens is 1. The number of carbonyl (C=O) groups is 1. The van der Waals surface area contributed by atoms with Crippen molar-refractivity contribution in [3.63, 3.8) is 0 Å². The number of fused-ring (bicyclic) bond motifs is 1. The van der Waals surface area contributed by atoms with Crippen molar-refractivity contribution in [2.45, 2.75) is 38.3 Å². The molecule has 4 rings (SSSR count). The van der Waals surface area contributed by atoms with Gasteiger partial charge in [0.15, 0.2) is 5.65 Å². The van der Waals surface area contributed by atoms with E-state index in [9.17, 15) is 4.79 Å². The summed E-state index contributed by atoms with van der Waals surface area (Å²) in [6.07, 6.45) is 6.24. The van der Waals surface area contributed by atoms with Gasteiger partial charge in [-0.15, -0.1) is 0 Å². The van der Waals surface area contributed by atoms with Crippen molar-refractivity contribution in [2.24, 2.45) is 0 Å². The second-order valence-corrected chi connectivity index (χ2v) is 6.86. The molecule has 0 atom stereocenters. The van der Waals surface area contributed by atoms with Crippen LogP contribution in [0.25, 0.3) is 22.6 Å². The summed E-state index contributed by atoms with van der Waals surface area (Å²) in [4.78, 5) is 21.6. The van der Waals surface area contributed by atoms with Gasteiger partial charge in [0, 0.05) is 22.8 Å². The molecule has 1 aliphatic carbocycles. The smallest absolute Gasteiger partial charge is 0.240 e. The third kappa shape index (κ3) is 3.37. The summed E-state index contributed by atoms with van der Waals surface area (Å²) in [6.45, 7) is 0.210. The van der Waals surface area contributed by atoms with E-state index in [-0.39, 0.29) is 12.5 Å². The van der Waals surface area contributed by atoms with Crippen molar-refractivity contribution < 1.29 is 4.79 Å². The van der Waals surface area contributed by atoms with E-state index < -0.39 is 0 Å². The van der Waals surface area contributed by atoms with Gasteiger partial charge < -0.3 is 5.32 Å². The largest absolute Gasteiger partial charge is 0.352 e. The molecule has 3 aromatic rings. The zero-order valence-corrected chi connectivity index (χ0v) is 14.5. The first kappa shape index (κ1) is 16.1. The van der Waals surface area contributed by atoms with Gasteiger partial charge in [-0.1, -0.05) is 24.4 Å². The van der Waals surface area contributed by atoms with Crippen LogP contribution in [0.5, 0.6) is 0 Å². The van der Waals surface area contributed by atoms with E-state index in [2.05, 4.69) is 15.3 Å². The number of nitrogens with zero attached hydrogens (tertiary/aromatic N) is 3. The molecule has 1 aliphatic rings. The van der Waals surface area contributed by atoms with E-state index in [1.54, 1.807) is 6.20 Å². The van der Waals surface area contributed by atoms with Crippen LogP contribution in [0.4, 0.5) is 0 Å². The number of hydrogen-bond donors (Lipinski definition) is 1. The van der Waals surface area contributed by atoms with Gasteiger partial charge in [0.05, 0.1) is 0 Å². The van der Waals surface area contributed by atoms with Crippen LogP contribution in [0.2, 0.25) is 5.02 Å². The molecule has 0 saturated heterocycles. The zero-order valence-electron chi connectivity index (χ0n) is 13.8. The quantitative estimate of drug-likeness (QED) is 0.775. The Balaban J connectivity index is 1.69. The Bertz CT molecular complexity index is 897. The van der Waals surface area contributed by atoms with Gasteiger partial charge in [-0.25, -0.2) is 9.97 Å². The zero-order chi connectivity index (χ0) is 17.2. The Morgan fingerprint density at radius 1 is 1.20 bits per heavy atom. The van der Waals surface area contributed by atoms with Gasteiger partial charge in [-0.05, 0) is 49.2 Å². The lowest BCUT2D eigenvalue weighted by atomic mass is 10.2. The second-order valence-electron chi connectivity index (χ2n) is 6.42. The molecule has 1 aromatic carbocycles. The Morgan fingerprint density at radius 3 is 2.72 bits per heavy atom. The first-order valence-electron chi connectivity index (χ1n) is 8.57.